The lowest BCUT2D eigenvalue weighted by Crippen LogP contribution is -2.29. The van der Waals surface area contributed by atoms with Gasteiger partial charge in [-0.25, -0.2) is 0 Å². The minimum Gasteiger partial charge on any atom is -0.361 e. The van der Waals surface area contributed by atoms with Crippen LogP contribution in [0.5, 0.6) is 0 Å². The van der Waals surface area contributed by atoms with Gasteiger partial charge >= 0.3 is 11.8 Å². The van der Waals surface area contributed by atoms with Crippen LogP contribution in [0.2, 0.25) is 0 Å². The predicted octanol–water partition coefficient (Wildman–Crippen LogP) is 12.8. The Balaban J connectivity index is 0.996. The van der Waals surface area contributed by atoms with E-state index in [1.807, 2.05) is 12.1 Å². The van der Waals surface area contributed by atoms with Crippen molar-refractivity contribution in [2.24, 2.45) is 5.73 Å². The monoisotopic (exact) mass is 714 g/mol. The number of amides is 2. The highest BCUT2D eigenvalue weighted by molar-refractivity contribution is 6.39. The van der Waals surface area contributed by atoms with E-state index >= 15 is 0 Å². The largest absolute Gasteiger partial charge is 0.361 e. The average Bonchev–Trinajstić information content (AvgIpc) is 3.20. The van der Waals surface area contributed by atoms with Gasteiger partial charge in [-0.3, -0.25) is 9.59 Å². The Bertz CT molecular complexity index is 3790. The van der Waals surface area contributed by atoms with E-state index in [1.165, 1.54) is 86.2 Å². The number of benzene rings is 12. The number of hydrogen-bond acceptors (Lipinski definition) is 2. The van der Waals surface area contributed by atoms with E-state index in [0.717, 1.165) is 32.3 Å². The van der Waals surface area contributed by atoms with E-state index in [9.17, 15) is 9.59 Å². The molecule has 0 saturated carbocycles. The van der Waals surface area contributed by atoms with E-state index in [4.69, 9.17) is 5.73 Å². The van der Waals surface area contributed by atoms with Gasteiger partial charge in [-0.1, -0.05) is 48.5 Å². The van der Waals surface area contributed by atoms with Crippen LogP contribution in [0.1, 0.15) is 0 Å². The van der Waals surface area contributed by atoms with Crippen molar-refractivity contribution in [1.29, 1.82) is 0 Å². The standard InChI is InChI=1S/C52H30N2O2/c53-51(55)52(56)54-50-7-3-6-30-12-35-17-41-22-44-25-47-32(14-37(44)19-42(41)24-46(35)27-49(30)50)9-8-31-13-36-18-40-20-38-15-33-10-28-4-1-2-5-29(28)11-34(33)16-39(38)21-43(40)23-45(36)26-48(31)47/h1-27H,(H2,53,55)(H,54,56). The maximum atomic E-state index is 12.1. The predicted molar refractivity (Wildman–Crippen MR) is 237 cm³/mol. The second-order valence-corrected chi connectivity index (χ2v) is 15.3. The van der Waals surface area contributed by atoms with Gasteiger partial charge in [-0.05, 0) is 228 Å². The first kappa shape index (κ1) is 30.9. The molecule has 0 heterocycles. The first-order valence-electron chi connectivity index (χ1n) is 18.8. The molecule has 0 aliphatic carbocycles. The van der Waals surface area contributed by atoms with Gasteiger partial charge in [0.15, 0.2) is 0 Å². The zero-order valence-electron chi connectivity index (χ0n) is 30.0. The number of primary amides is 1. The topological polar surface area (TPSA) is 72.2 Å². The summed E-state index contributed by atoms with van der Waals surface area (Å²) in [5.74, 6) is -1.85. The summed E-state index contributed by atoms with van der Waals surface area (Å²) in [4.78, 5) is 23.6. The number of fused-ring (bicyclic) bond motifs is 12. The molecular weight excluding hydrogens is 685 g/mol. The summed E-state index contributed by atoms with van der Waals surface area (Å²) in [7, 11) is 0. The summed E-state index contributed by atoms with van der Waals surface area (Å²) in [5.41, 5.74) is 5.77. The van der Waals surface area contributed by atoms with Gasteiger partial charge < -0.3 is 11.1 Å². The molecule has 12 rings (SSSR count). The smallest absolute Gasteiger partial charge is 0.313 e. The van der Waals surface area contributed by atoms with Crippen molar-refractivity contribution >= 4 is 136 Å². The van der Waals surface area contributed by atoms with Gasteiger partial charge in [-0.15, -0.1) is 0 Å². The Labute approximate surface area is 319 Å². The van der Waals surface area contributed by atoms with Crippen molar-refractivity contribution < 1.29 is 9.59 Å². The fourth-order valence-corrected chi connectivity index (χ4v) is 9.08. The Morgan fingerprint density at radius 1 is 0.304 bits per heavy atom. The Morgan fingerprint density at radius 2 is 0.589 bits per heavy atom. The lowest BCUT2D eigenvalue weighted by molar-refractivity contribution is -0.134. The van der Waals surface area contributed by atoms with Crippen LogP contribution in [-0.2, 0) is 9.59 Å². The summed E-state index contributed by atoms with van der Waals surface area (Å²) < 4.78 is 0. The number of anilines is 1. The molecule has 0 spiro atoms. The van der Waals surface area contributed by atoms with Crippen LogP contribution in [0.15, 0.2) is 164 Å². The molecule has 12 aromatic rings. The molecule has 0 radical (unpaired) electrons. The van der Waals surface area contributed by atoms with Crippen LogP contribution in [0, 0.1) is 0 Å². The first-order chi connectivity index (χ1) is 27.4. The average molecular weight is 715 g/mol. The van der Waals surface area contributed by atoms with Gasteiger partial charge in [0.05, 0.1) is 0 Å². The lowest BCUT2D eigenvalue weighted by atomic mass is 9.92. The Kier molecular flexibility index (Phi) is 6.19. The zero-order chi connectivity index (χ0) is 37.2. The lowest BCUT2D eigenvalue weighted by Gasteiger charge is -2.12. The number of hydrogen-bond donors (Lipinski definition) is 2. The highest BCUT2D eigenvalue weighted by Gasteiger charge is 2.13. The molecule has 56 heavy (non-hydrogen) atoms. The fourth-order valence-electron chi connectivity index (χ4n) is 9.08. The maximum absolute atomic E-state index is 12.1. The molecule has 4 nitrogen and oxygen atoms in total. The highest BCUT2D eigenvalue weighted by Crippen LogP contribution is 2.38. The van der Waals surface area contributed by atoms with Crippen LogP contribution < -0.4 is 11.1 Å². The van der Waals surface area contributed by atoms with E-state index < -0.39 is 11.8 Å². The first-order valence-corrected chi connectivity index (χ1v) is 18.8. The Morgan fingerprint density at radius 3 is 0.964 bits per heavy atom. The van der Waals surface area contributed by atoms with Gasteiger partial charge in [0.2, 0.25) is 0 Å². The summed E-state index contributed by atoms with van der Waals surface area (Å²) in [5, 5.41) is 28.8. The maximum Gasteiger partial charge on any atom is 0.313 e. The Hall–Kier alpha value is -7.56. The zero-order valence-corrected chi connectivity index (χ0v) is 30.0. The van der Waals surface area contributed by atoms with Crippen LogP contribution >= 0.6 is 0 Å². The van der Waals surface area contributed by atoms with Crippen molar-refractivity contribution in [1.82, 2.24) is 0 Å². The van der Waals surface area contributed by atoms with Crippen molar-refractivity contribution in [3.63, 3.8) is 0 Å². The normalized spacial score (nSPS) is 12.1. The second-order valence-electron chi connectivity index (χ2n) is 15.3. The van der Waals surface area contributed by atoms with Gasteiger partial charge in [0.1, 0.15) is 0 Å². The van der Waals surface area contributed by atoms with Crippen LogP contribution in [0.4, 0.5) is 5.69 Å². The number of rotatable bonds is 1. The molecule has 0 aromatic heterocycles. The van der Waals surface area contributed by atoms with Crippen molar-refractivity contribution in [3.05, 3.63) is 164 Å². The van der Waals surface area contributed by atoms with Crippen LogP contribution in [-0.4, -0.2) is 11.8 Å². The van der Waals surface area contributed by atoms with Crippen molar-refractivity contribution in [2.45, 2.75) is 0 Å². The third-order valence-electron chi connectivity index (χ3n) is 11.9. The second kappa shape index (κ2) is 11.2. The van der Waals surface area contributed by atoms with E-state index in [1.54, 1.807) is 6.07 Å². The van der Waals surface area contributed by atoms with E-state index in [2.05, 4.69) is 151 Å². The number of nitrogens with one attached hydrogen (secondary N) is 1. The van der Waals surface area contributed by atoms with Gasteiger partial charge in [-0.2, -0.15) is 0 Å². The molecule has 4 heteroatoms. The minimum absolute atomic E-state index is 0.558. The summed E-state index contributed by atoms with van der Waals surface area (Å²) in [6.45, 7) is 0. The van der Waals surface area contributed by atoms with Gasteiger partial charge in [0, 0.05) is 11.1 Å². The minimum atomic E-state index is -1.01. The SMILES string of the molecule is NC(=O)C(=O)Nc1cccc2cc3cc4cc5cc6c(ccc7cc8cc9cc%10cc%11cc%12ccccc%12cc%11cc%10cc9cc8cc76)cc5cc4cc3cc12. The fraction of sp³-hybridized carbons (Fsp3) is 0. The molecular formula is C52H30N2O2. The summed E-state index contributed by atoms with van der Waals surface area (Å²) in [6.07, 6.45) is 0. The molecule has 0 saturated heterocycles. The molecule has 0 bridgehead atoms. The number of carbonyl (C=O) groups excluding carboxylic acids is 2. The molecule has 2 amide bonds. The molecule has 0 unspecified atom stereocenters. The van der Waals surface area contributed by atoms with Gasteiger partial charge in [0.25, 0.3) is 0 Å². The molecule has 0 fully saturated rings. The van der Waals surface area contributed by atoms with Crippen LogP contribution in [0.3, 0.4) is 0 Å². The molecule has 0 aliphatic heterocycles. The molecule has 3 N–H and O–H groups in total. The third kappa shape index (κ3) is 4.73. The third-order valence-corrected chi connectivity index (χ3v) is 11.9. The van der Waals surface area contributed by atoms with Crippen molar-refractivity contribution in [2.75, 3.05) is 5.32 Å². The van der Waals surface area contributed by atoms with Crippen LogP contribution in [0.25, 0.3) is 118 Å². The van der Waals surface area contributed by atoms with E-state index in [0.29, 0.717) is 5.69 Å². The number of nitrogens with two attached hydrogens (primary N) is 1. The quantitative estimate of drug-likeness (QED) is 0.101. The molecule has 260 valence electrons. The summed E-state index contributed by atoms with van der Waals surface area (Å²) >= 11 is 0. The van der Waals surface area contributed by atoms with Crippen molar-refractivity contribution in [3.8, 4) is 0 Å². The molecule has 12 aromatic carbocycles. The molecule has 0 atom stereocenters. The van der Waals surface area contributed by atoms with E-state index in [-0.39, 0.29) is 0 Å². The highest BCUT2D eigenvalue weighted by atomic mass is 16.2. The number of carbonyl (C=O) groups is 2. The molecule has 0 aliphatic rings. The summed E-state index contributed by atoms with van der Waals surface area (Å²) in [6, 6.07) is 59.9.